The van der Waals surface area contributed by atoms with Gasteiger partial charge in [-0.1, -0.05) is 30.1 Å². The molecule has 7 heteroatoms. The van der Waals surface area contributed by atoms with Crippen molar-refractivity contribution < 1.29 is 13.5 Å². The second kappa shape index (κ2) is 8.20. The number of nitrogens with zero attached hydrogens (tertiary/aromatic N) is 1. The fourth-order valence-corrected chi connectivity index (χ4v) is 3.96. The molecule has 0 saturated carbocycles. The van der Waals surface area contributed by atoms with E-state index in [-0.39, 0.29) is 22.3 Å². The number of rotatable bonds is 8. The molecule has 20 heavy (non-hydrogen) atoms. The molecule has 0 atom stereocenters. The molecule has 1 aromatic carbocycles. The quantitative estimate of drug-likeness (QED) is 0.790. The van der Waals surface area contributed by atoms with Crippen molar-refractivity contribution in [1.29, 1.82) is 0 Å². The molecule has 0 saturated heterocycles. The molecule has 0 spiro atoms. The van der Waals surface area contributed by atoms with Crippen LogP contribution in [0.2, 0.25) is 10.0 Å². The van der Waals surface area contributed by atoms with Crippen molar-refractivity contribution in [2.45, 2.75) is 18.2 Å². The Balaban J connectivity index is 2.81. The molecule has 0 radical (unpaired) electrons. The largest absolute Gasteiger partial charge is 0.395 e. The lowest BCUT2D eigenvalue weighted by atomic mass is 10.4. The zero-order valence-electron chi connectivity index (χ0n) is 11.3. The minimum absolute atomic E-state index is 0.0119. The summed E-state index contributed by atoms with van der Waals surface area (Å²) in [5, 5.41) is 9.48. The SMILES string of the molecule is CCCN(CCO)CCS(=O)(=O)c1cc(Cl)ccc1Cl. The van der Waals surface area contributed by atoms with Crippen LogP contribution in [-0.4, -0.2) is 50.4 Å². The molecule has 0 aromatic heterocycles. The van der Waals surface area contributed by atoms with Crippen molar-refractivity contribution >= 4 is 33.0 Å². The average Bonchev–Trinajstić information content (AvgIpc) is 2.39. The third kappa shape index (κ3) is 5.22. The lowest BCUT2D eigenvalue weighted by Crippen LogP contribution is -2.32. The Hall–Kier alpha value is -0.330. The normalized spacial score (nSPS) is 12.1. The fraction of sp³-hybridized carbons (Fsp3) is 0.538. The summed E-state index contributed by atoms with van der Waals surface area (Å²) in [7, 11) is -3.48. The molecule has 0 aliphatic carbocycles. The Kier molecular flexibility index (Phi) is 7.26. The van der Waals surface area contributed by atoms with Gasteiger partial charge in [-0.25, -0.2) is 8.42 Å². The maximum Gasteiger partial charge on any atom is 0.181 e. The van der Waals surface area contributed by atoms with Crippen LogP contribution in [0, 0.1) is 0 Å². The van der Waals surface area contributed by atoms with Gasteiger partial charge in [-0.3, -0.25) is 0 Å². The van der Waals surface area contributed by atoms with Gasteiger partial charge in [-0.05, 0) is 31.2 Å². The van der Waals surface area contributed by atoms with Gasteiger partial charge >= 0.3 is 0 Å². The zero-order chi connectivity index (χ0) is 15.2. The third-order valence-corrected chi connectivity index (χ3v) is 5.27. The topological polar surface area (TPSA) is 57.6 Å². The van der Waals surface area contributed by atoms with Crippen molar-refractivity contribution in [1.82, 2.24) is 4.90 Å². The van der Waals surface area contributed by atoms with E-state index in [4.69, 9.17) is 28.3 Å². The summed E-state index contributed by atoms with van der Waals surface area (Å²) >= 11 is 11.7. The van der Waals surface area contributed by atoms with E-state index in [0.29, 0.717) is 18.1 Å². The highest BCUT2D eigenvalue weighted by Gasteiger charge is 2.19. The second-order valence-corrected chi connectivity index (χ2v) is 7.38. The minimum atomic E-state index is -3.48. The summed E-state index contributed by atoms with van der Waals surface area (Å²) in [5.74, 6) is -0.0485. The van der Waals surface area contributed by atoms with Gasteiger partial charge in [0.1, 0.15) is 0 Å². The number of benzene rings is 1. The van der Waals surface area contributed by atoms with Crippen molar-refractivity contribution in [2.24, 2.45) is 0 Å². The smallest absolute Gasteiger partial charge is 0.181 e. The van der Waals surface area contributed by atoms with Gasteiger partial charge in [-0.15, -0.1) is 0 Å². The van der Waals surface area contributed by atoms with Crippen LogP contribution in [0.1, 0.15) is 13.3 Å². The van der Waals surface area contributed by atoms with E-state index < -0.39 is 9.84 Å². The fourth-order valence-electron chi connectivity index (χ4n) is 1.87. The lowest BCUT2D eigenvalue weighted by Gasteiger charge is -2.20. The number of halogens is 2. The van der Waals surface area contributed by atoms with Crippen molar-refractivity contribution in [2.75, 3.05) is 32.0 Å². The molecule has 0 bridgehead atoms. The van der Waals surface area contributed by atoms with E-state index in [2.05, 4.69) is 0 Å². The highest BCUT2D eigenvalue weighted by molar-refractivity contribution is 7.91. The molecule has 4 nitrogen and oxygen atoms in total. The van der Waals surface area contributed by atoms with Crippen LogP contribution in [-0.2, 0) is 9.84 Å². The second-order valence-electron chi connectivity index (χ2n) is 4.46. The number of hydrogen-bond donors (Lipinski definition) is 1. The van der Waals surface area contributed by atoms with Crippen LogP contribution in [0.5, 0.6) is 0 Å². The Bertz CT molecular complexity index is 528. The van der Waals surface area contributed by atoms with Crippen LogP contribution in [0.4, 0.5) is 0 Å². The van der Waals surface area contributed by atoms with Crippen LogP contribution in [0.25, 0.3) is 0 Å². The molecular weight excluding hydrogens is 321 g/mol. The van der Waals surface area contributed by atoms with Crippen molar-refractivity contribution in [3.63, 3.8) is 0 Å². The average molecular weight is 340 g/mol. The monoisotopic (exact) mass is 339 g/mol. The summed E-state index contributed by atoms with van der Waals surface area (Å²) < 4.78 is 24.6. The van der Waals surface area contributed by atoms with Gasteiger partial charge in [0.15, 0.2) is 9.84 Å². The molecule has 114 valence electrons. The van der Waals surface area contributed by atoms with Crippen LogP contribution < -0.4 is 0 Å². The number of sulfone groups is 1. The first-order valence-electron chi connectivity index (χ1n) is 6.41. The maximum atomic E-state index is 12.3. The predicted molar refractivity (Wildman–Crippen MR) is 82.3 cm³/mol. The van der Waals surface area contributed by atoms with E-state index in [1.54, 1.807) is 6.07 Å². The number of aliphatic hydroxyl groups is 1. The minimum Gasteiger partial charge on any atom is -0.395 e. The Labute approximate surface area is 130 Å². The molecule has 0 heterocycles. The maximum absolute atomic E-state index is 12.3. The van der Waals surface area contributed by atoms with E-state index in [1.807, 2.05) is 11.8 Å². The summed E-state index contributed by atoms with van der Waals surface area (Å²) in [6.45, 7) is 3.59. The molecule has 0 amide bonds. The molecule has 0 fully saturated rings. The highest BCUT2D eigenvalue weighted by Crippen LogP contribution is 2.25. The Morgan fingerprint density at radius 1 is 1.20 bits per heavy atom. The van der Waals surface area contributed by atoms with Gasteiger partial charge in [0, 0.05) is 18.1 Å². The van der Waals surface area contributed by atoms with Gasteiger partial charge in [0.05, 0.1) is 22.3 Å². The molecular formula is C13H19Cl2NO3S. The first-order valence-corrected chi connectivity index (χ1v) is 8.82. The summed E-state index contributed by atoms with van der Waals surface area (Å²) in [6, 6.07) is 4.40. The summed E-state index contributed by atoms with van der Waals surface area (Å²) in [6.07, 6.45) is 0.901. The van der Waals surface area contributed by atoms with Gasteiger partial charge in [0.2, 0.25) is 0 Å². The Morgan fingerprint density at radius 3 is 2.50 bits per heavy atom. The molecule has 0 aliphatic rings. The molecule has 0 aliphatic heterocycles. The van der Waals surface area contributed by atoms with Crippen molar-refractivity contribution in [3.8, 4) is 0 Å². The lowest BCUT2D eigenvalue weighted by molar-refractivity contribution is 0.203. The molecule has 1 aromatic rings. The van der Waals surface area contributed by atoms with Gasteiger partial charge in [0.25, 0.3) is 0 Å². The van der Waals surface area contributed by atoms with Crippen LogP contribution >= 0.6 is 23.2 Å². The van der Waals surface area contributed by atoms with E-state index in [1.165, 1.54) is 12.1 Å². The van der Waals surface area contributed by atoms with E-state index in [0.717, 1.165) is 13.0 Å². The van der Waals surface area contributed by atoms with Gasteiger partial charge < -0.3 is 10.0 Å². The predicted octanol–water partition coefficient (Wildman–Crippen LogP) is 2.47. The number of aliphatic hydroxyl groups excluding tert-OH is 1. The first-order chi connectivity index (χ1) is 9.40. The van der Waals surface area contributed by atoms with E-state index in [9.17, 15) is 8.42 Å². The molecule has 1 N–H and O–H groups in total. The van der Waals surface area contributed by atoms with Gasteiger partial charge in [-0.2, -0.15) is 0 Å². The summed E-state index contributed by atoms with van der Waals surface area (Å²) in [5.41, 5.74) is 0. The van der Waals surface area contributed by atoms with Crippen LogP contribution in [0.3, 0.4) is 0 Å². The molecule has 1 rings (SSSR count). The van der Waals surface area contributed by atoms with E-state index >= 15 is 0 Å². The third-order valence-electron chi connectivity index (χ3n) is 2.86. The van der Waals surface area contributed by atoms with Crippen molar-refractivity contribution in [3.05, 3.63) is 28.2 Å². The number of hydrogen-bond acceptors (Lipinski definition) is 4. The highest BCUT2D eigenvalue weighted by atomic mass is 35.5. The molecule has 0 unspecified atom stereocenters. The standard InChI is InChI=1S/C13H19Cl2NO3S/c1-2-5-16(6-8-17)7-9-20(18,19)13-10-11(14)3-4-12(13)15/h3-4,10,17H,2,5-9H2,1H3. The first kappa shape index (κ1) is 17.7. The zero-order valence-corrected chi connectivity index (χ0v) is 13.7. The van der Waals surface area contributed by atoms with Crippen LogP contribution in [0.15, 0.2) is 23.1 Å². The summed E-state index contributed by atoms with van der Waals surface area (Å²) in [4.78, 5) is 1.97. The Morgan fingerprint density at radius 2 is 1.90 bits per heavy atom.